The molecule has 1 rings (SSSR count). The molecule has 0 aliphatic heterocycles. The smallest absolute Gasteiger partial charge is 0.0885 e. The van der Waals surface area contributed by atoms with E-state index in [1.165, 1.54) is 0 Å². The highest BCUT2D eigenvalue weighted by molar-refractivity contribution is 4.93. The Morgan fingerprint density at radius 3 is 2.46 bits per heavy atom. The third-order valence-electron chi connectivity index (χ3n) is 2.79. The van der Waals surface area contributed by atoms with Crippen LogP contribution in [0.15, 0.2) is 0 Å². The van der Waals surface area contributed by atoms with Crippen LogP contribution in [0.5, 0.6) is 0 Å². The topological polar surface area (TPSA) is 29.5 Å². The predicted molar refractivity (Wildman–Crippen MR) is 53.7 cm³/mol. The predicted octanol–water partition coefficient (Wildman–Crippen LogP) is 2.35. The van der Waals surface area contributed by atoms with Crippen LogP contribution in [0.4, 0.5) is 0 Å². The zero-order valence-electron chi connectivity index (χ0n) is 9.10. The summed E-state index contributed by atoms with van der Waals surface area (Å²) in [5, 5.41) is 10.1. The molecule has 2 heteroatoms. The molecule has 2 nitrogen and oxygen atoms in total. The van der Waals surface area contributed by atoms with Gasteiger partial charge in [-0.2, -0.15) is 0 Å². The van der Waals surface area contributed by atoms with Gasteiger partial charge in [-0.05, 0) is 31.1 Å². The van der Waals surface area contributed by atoms with Gasteiger partial charge in [-0.25, -0.2) is 0 Å². The Hall–Kier alpha value is -0.0800. The summed E-state index contributed by atoms with van der Waals surface area (Å²) in [5.74, 6) is 0. The monoisotopic (exact) mass is 186 g/mol. The lowest BCUT2D eigenvalue weighted by molar-refractivity contribution is -0.0467. The number of hydrogen-bond donors (Lipinski definition) is 1. The first-order valence-corrected chi connectivity index (χ1v) is 5.28. The van der Waals surface area contributed by atoms with E-state index in [1.807, 2.05) is 0 Å². The summed E-state index contributed by atoms with van der Waals surface area (Å²) in [6.07, 6.45) is 3.91. The molecule has 0 aromatic rings. The Labute approximate surface area is 81.3 Å². The minimum Gasteiger partial charge on any atom is -0.387 e. The maximum absolute atomic E-state index is 10.1. The van der Waals surface area contributed by atoms with Gasteiger partial charge < -0.3 is 9.84 Å². The van der Waals surface area contributed by atoms with Crippen LogP contribution in [-0.2, 0) is 4.74 Å². The molecule has 0 spiro atoms. The number of hydrogen-bond acceptors (Lipinski definition) is 2. The van der Waals surface area contributed by atoms with Crippen molar-refractivity contribution in [3.8, 4) is 0 Å². The van der Waals surface area contributed by atoms with E-state index in [2.05, 4.69) is 20.8 Å². The fraction of sp³-hybridized carbons (Fsp3) is 1.00. The lowest BCUT2D eigenvalue weighted by Crippen LogP contribution is -2.32. The molecule has 1 saturated carbocycles. The molecule has 1 aliphatic rings. The minimum absolute atomic E-state index is 0.296. The zero-order valence-corrected chi connectivity index (χ0v) is 9.10. The van der Waals surface area contributed by atoms with E-state index in [0.29, 0.717) is 12.0 Å². The van der Waals surface area contributed by atoms with Crippen molar-refractivity contribution in [2.24, 2.45) is 5.41 Å². The Morgan fingerprint density at radius 2 is 2.00 bits per heavy atom. The van der Waals surface area contributed by atoms with E-state index in [4.69, 9.17) is 4.74 Å². The van der Waals surface area contributed by atoms with E-state index in [-0.39, 0.29) is 0 Å². The van der Waals surface area contributed by atoms with Crippen LogP contribution < -0.4 is 0 Å². The van der Waals surface area contributed by atoms with Gasteiger partial charge >= 0.3 is 0 Å². The van der Waals surface area contributed by atoms with Crippen LogP contribution in [-0.4, -0.2) is 23.9 Å². The summed E-state index contributed by atoms with van der Waals surface area (Å²) in [6, 6.07) is 0. The van der Waals surface area contributed by atoms with Crippen LogP contribution >= 0.6 is 0 Å². The average Bonchev–Trinajstić information content (AvgIpc) is 2.27. The normalized spacial score (nSPS) is 32.3. The highest BCUT2D eigenvalue weighted by Crippen LogP contribution is 2.43. The fourth-order valence-electron chi connectivity index (χ4n) is 2.17. The molecule has 0 bridgehead atoms. The molecule has 0 radical (unpaired) electrons. The molecule has 0 aromatic heterocycles. The maximum Gasteiger partial charge on any atom is 0.0885 e. The summed E-state index contributed by atoms with van der Waals surface area (Å²) < 4.78 is 5.41. The van der Waals surface area contributed by atoms with Crippen molar-refractivity contribution in [3.63, 3.8) is 0 Å². The second-order valence-corrected chi connectivity index (χ2v) is 5.12. The summed E-state index contributed by atoms with van der Waals surface area (Å²) in [4.78, 5) is 0. The number of ether oxygens (including phenoxy) is 1. The Balaban J connectivity index is 2.32. The molecule has 1 aliphatic carbocycles. The van der Waals surface area contributed by atoms with Crippen molar-refractivity contribution < 1.29 is 9.84 Å². The van der Waals surface area contributed by atoms with E-state index < -0.39 is 5.60 Å². The van der Waals surface area contributed by atoms with Crippen molar-refractivity contribution in [2.75, 3.05) is 13.2 Å². The van der Waals surface area contributed by atoms with E-state index in [9.17, 15) is 5.11 Å². The van der Waals surface area contributed by atoms with Gasteiger partial charge in [-0.3, -0.25) is 0 Å². The highest BCUT2D eigenvalue weighted by Gasteiger charge is 2.41. The standard InChI is InChI=1S/C11H22O2/c1-4-7-13-9-11(12)6-5-10(2,3)8-11/h12H,4-9H2,1-3H3. The lowest BCUT2D eigenvalue weighted by Gasteiger charge is -2.24. The van der Waals surface area contributed by atoms with Crippen LogP contribution in [0.1, 0.15) is 46.5 Å². The second-order valence-electron chi connectivity index (χ2n) is 5.12. The van der Waals surface area contributed by atoms with E-state index >= 15 is 0 Å². The molecule has 0 amide bonds. The maximum atomic E-state index is 10.1. The van der Waals surface area contributed by atoms with Crippen molar-refractivity contribution in [3.05, 3.63) is 0 Å². The second kappa shape index (κ2) is 3.97. The summed E-state index contributed by atoms with van der Waals surface area (Å²) in [6.45, 7) is 7.80. The summed E-state index contributed by atoms with van der Waals surface area (Å²) >= 11 is 0. The Bertz CT molecular complexity index is 165. The quantitative estimate of drug-likeness (QED) is 0.683. The fourth-order valence-corrected chi connectivity index (χ4v) is 2.17. The van der Waals surface area contributed by atoms with Crippen LogP contribution in [0.2, 0.25) is 0 Å². The van der Waals surface area contributed by atoms with Gasteiger partial charge in [0, 0.05) is 6.61 Å². The molecule has 1 fully saturated rings. The first-order chi connectivity index (χ1) is 5.97. The van der Waals surface area contributed by atoms with Crippen LogP contribution in [0.25, 0.3) is 0 Å². The largest absolute Gasteiger partial charge is 0.387 e. The first-order valence-electron chi connectivity index (χ1n) is 5.28. The third-order valence-corrected chi connectivity index (χ3v) is 2.79. The Morgan fingerprint density at radius 1 is 1.31 bits per heavy atom. The van der Waals surface area contributed by atoms with Crippen LogP contribution in [0.3, 0.4) is 0 Å². The van der Waals surface area contributed by atoms with Gasteiger partial charge in [0.05, 0.1) is 12.2 Å². The van der Waals surface area contributed by atoms with Gasteiger partial charge in [0.1, 0.15) is 0 Å². The average molecular weight is 186 g/mol. The molecule has 0 saturated heterocycles. The highest BCUT2D eigenvalue weighted by atomic mass is 16.5. The van der Waals surface area contributed by atoms with Gasteiger partial charge in [0.25, 0.3) is 0 Å². The molecule has 0 heterocycles. The summed E-state index contributed by atoms with van der Waals surface area (Å²) in [5.41, 5.74) is -0.247. The van der Waals surface area contributed by atoms with Crippen molar-refractivity contribution in [1.29, 1.82) is 0 Å². The van der Waals surface area contributed by atoms with Gasteiger partial charge in [0.15, 0.2) is 0 Å². The number of rotatable bonds is 4. The molecule has 1 N–H and O–H groups in total. The molecule has 13 heavy (non-hydrogen) atoms. The Kier molecular flexibility index (Phi) is 3.36. The van der Waals surface area contributed by atoms with Crippen molar-refractivity contribution in [2.45, 2.75) is 52.1 Å². The SMILES string of the molecule is CCCOCC1(O)CCC(C)(C)C1. The van der Waals surface area contributed by atoms with E-state index in [0.717, 1.165) is 32.3 Å². The minimum atomic E-state index is -0.543. The van der Waals surface area contributed by atoms with Crippen molar-refractivity contribution in [1.82, 2.24) is 0 Å². The zero-order chi connectivity index (χ0) is 9.95. The van der Waals surface area contributed by atoms with Crippen molar-refractivity contribution >= 4 is 0 Å². The van der Waals surface area contributed by atoms with Gasteiger partial charge in [0.2, 0.25) is 0 Å². The molecular formula is C11H22O2. The molecule has 1 atom stereocenters. The molecule has 78 valence electrons. The van der Waals surface area contributed by atoms with Crippen LogP contribution in [0, 0.1) is 5.41 Å². The molecule has 0 aromatic carbocycles. The molecular weight excluding hydrogens is 164 g/mol. The summed E-state index contributed by atoms with van der Waals surface area (Å²) in [7, 11) is 0. The lowest BCUT2D eigenvalue weighted by atomic mass is 9.89. The third kappa shape index (κ3) is 3.28. The van der Waals surface area contributed by atoms with E-state index in [1.54, 1.807) is 0 Å². The van der Waals surface area contributed by atoms with Gasteiger partial charge in [-0.15, -0.1) is 0 Å². The first kappa shape index (κ1) is 11.0. The number of aliphatic hydroxyl groups is 1. The molecule has 1 unspecified atom stereocenters. The van der Waals surface area contributed by atoms with Gasteiger partial charge in [-0.1, -0.05) is 20.8 Å².